The number of nitrogen functional groups attached to an aromatic ring is 1. The third-order valence-corrected chi connectivity index (χ3v) is 3.92. The Morgan fingerprint density at radius 3 is 2.84 bits per heavy atom. The van der Waals surface area contributed by atoms with Gasteiger partial charge < -0.3 is 11.1 Å². The van der Waals surface area contributed by atoms with Crippen molar-refractivity contribution in [3.05, 3.63) is 28.0 Å². The van der Waals surface area contributed by atoms with Gasteiger partial charge in [0.05, 0.1) is 28.6 Å². The van der Waals surface area contributed by atoms with Gasteiger partial charge in [0.15, 0.2) is 0 Å². The average Bonchev–Trinajstić information content (AvgIpc) is 2.84. The lowest BCUT2D eigenvalue weighted by molar-refractivity contribution is -0.122. The van der Waals surface area contributed by atoms with Gasteiger partial charge in [0.25, 0.3) is 0 Å². The summed E-state index contributed by atoms with van der Waals surface area (Å²) in [5.41, 5.74) is 7.07. The molecule has 0 aliphatic rings. The summed E-state index contributed by atoms with van der Waals surface area (Å²) in [5, 5.41) is 7.92. The number of amides is 1. The van der Waals surface area contributed by atoms with Crippen LogP contribution in [0, 0.1) is 13.8 Å². The van der Waals surface area contributed by atoms with Crippen molar-refractivity contribution in [2.45, 2.75) is 33.4 Å². The second-order valence-corrected chi connectivity index (χ2v) is 5.68. The first-order chi connectivity index (χ1) is 8.95. The molecule has 1 atom stereocenters. The van der Waals surface area contributed by atoms with Crippen molar-refractivity contribution in [2.75, 3.05) is 5.73 Å². The molecular formula is C12H17N5OS. The maximum atomic E-state index is 11.9. The molecule has 102 valence electrons. The van der Waals surface area contributed by atoms with E-state index >= 15 is 0 Å². The summed E-state index contributed by atoms with van der Waals surface area (Å²) in [6, 6.07) is -0.0494. The van der Waals surface area contributed by atoms with Gasteiger partial charge in [-0.15, -0.1) is 11.3 Å². The number of hydrogen-bond acceptors (Lipinski definition) is 5. The van der Waals surface area contributed by atoms with E-state index in [1.807, 2.05) is 20.8 Å². The predicted octanol–water partition coefficient (Wildman–Crippen LogP) is 1.42. The molecule has 2 rings (SSSR count). The molecule has 3 N–H and O–H groups in total. The van der Waals surface area contributed by atoms with Gasteiger partial charge in [-0.1, -0.05) is 0 Å². The van der Waals surface area contributed by atoms with Gasteiger partial charge in [-0.05, 0) is 20.8 Å². The van der Waals surface area contributed by atoms with Gasteiger partial charge in [-0.3, -0.25) is 9.48 Å². The van der Waals surface area contributed by atoms with E-state index in [0.29, 0.717) is 5.69 Å². The van der Waals surface area contributed by atoms with Gasteiger partial charge >= 0.3 is 0 Å². The molecule has 0 aromatic carbocycles. The Morgan fingerprint density at radius 2 is 2.32 bits per heavy atom. The maximum absolute atomic E-state index is 11.9. The van der Waals surface area contributed by atoms with Gasteiger partial charge in [-0.2, -0.15) is 5.10 Å². The Bertz CT molecular complexity index is 589. The van der Waals surface area contributed by atoms with E-state index < -0.39 is 0 Å². The predicted molar refractivity (Wildman–Crippen MR) is 74.8 cm³/mol. The second-order valence-electron chi connectivity index (χ2n) is 4.44. The molecular weight excluding hydrogens is 262 g/mol. The number of nitrogens with two attached hydrogens (primary N) is 1. The van der Waals surface area contributed by atoms with E-state index in [2.05, 4.69) is 15.4 Å². The molecule has 0 aliphatic heterocycles. The molecule has 0 fully saturated rings. The molecule has 19 heavy (non-hydrogen) atoms. The van der Waals surface area contributed by atoms with Crippen LogP contribution < -0.4 is 11.1 Å². The summed E-state index contributed by atoms with van der Waals surface area (Å²) in [6.07, 6.45) is 3.15. The van der Waals surface area contributed by atoms with Crippen LogP contribution in [0.4, 0.5) is 5.69 Å². The molecule has 2 aromatic heterocycles. The Hall–Kier alpha value is -1.89. The molecule has 6 nitrogen and oxygen atoms in total. The standard InChI is InChI=1S/C12H17N5OS/c1-7-12(19-9(3)15-7)8(2)16-11(18)6-17-5-10(13)4-14-17/h4-5,8H,6,13H2,1-3H3,(H,16,18). The molecule has 2 aromatic rings. The minimum atomic E-state index is -0.0962. The molecule has 0 saturated heterocycles. The van der Waals surface area contributed by atoms with E-state index in [1.165, 1.54) is 10.9 Å². The summed E-state index contributed by atoms with van der Waals surface area (Å²) in [4.78, 5) is 17.3. The fraction of sp³-hybridized carbons (Fsp3) is 0.417. The van der Waals surface area contributed by atoms with Crippen molar-refractivity contribution in [3.63, 3.8) is 0 Å². The highest BCUT2D eigenvalue weighted by molar-refractivity contribution is 7.11. The van der Waals surface area contributed by atoms with Crippen LogP contribution in [0.5, 0.6) is 0 Å². The van der Waals surface area contributed by atoms with Crippen molar-refractivity contribution >= 4 is 22.9 Å². The molecule has 1 unspecified atom stereocenters. The Labute approximate surface area is 115 Å². The van der Waals surface area contributed by atoms with E-state index in [-0.39, 0.29) is 18.5 Å². The van der Waals surface area contributed by atoms with Gasteiger partial charge in [0.1, 0.15) is 6.54 Å². The Morgan fingerprint density at radius 1 is 1.58 bits per heavy atom. The lowest BCUT2D eigenvalue weighted by Crippen LogP contribution is -2.30. The second kappa shape index (κ2) is 5.40. The van der Waals surface area contributed by atoms with Gasteiger partial charge in [0.2, 0.25) is 5.91 Å². The number of rotatable bonds is 4. The van der Waals surface area contributed by atoms with Crippen molar-refractivity contribution in [3.8, 4) is 0 Å². The van der Waals surface area contributed by atoms with E-state index in [9.17, 15) is 4.79 Å². The number of aromatic nitrogens is 3. The van der Waals surface area contributed by atoms with E-state index in [0.717, 1.165) is 15.6 Å². The minimum absolute atomic E-state index is 0.0494. The Kier molecular flexibility index (Phi) is 3.84. The van der Waals surface area contributed by atoms with Crippen LogP contribution in [0.1, 0.15) is 28.5 Å². The number of hydrogen-bond donors (Lipinski definition) is 2. The van der Waals surface area contributed by atoms with Crippen LogP contribution in [-0.4, -0.2) is 20.7 Å². The first kappa shape index (κ1) is 13.5. The Balaban J connectivity index is 1.97. The van der Waals surface area contributed by atoms with Crippen LogP contribution in [0.25, 0.3) is 0 Å². The molecule has 0 saturated carbocycles. The first-order valence-electron chi connectivity index (χ1n) is 5.97. The quantitative estimate of drug-likeness (QED) is 0.886. The zero-order valence-corrected chi connectivity index (χ0v) is 12.0. The third-order valence-electron chi connectivity index (χ3n) is 2.67. The lowest BCUT2D eigenvalue weighted by Gasteiger charge is -2.12. The van der Waals surface area contributed by atoms with Crippen molar-refractivity contribution in [1.29, 1.82) is 0 Å². The normalized spacial score (nSPS) is 12.4. The SMILES string of the molecule is Cc1nc(C)c(C(C)NC(=O)Cn2cc(N)cn2)s1. The summed E-state index contributed by atoms with van der Waals surface area (Å²) in [7, 11) is 0. The van der Waals surface area contributed by atoms with Gasteiger partial charge in [-0.25, -0.2) is 4.98 Å². The molecule has 1 amide bonds. The summed E-state index contributed by atoms with van der Waals surface area (Å²) in [5.74, 6) is -0.0962. The number of thiazole rings is 1. The highest BCUT2D eigenvalue weighted by Crippen LogP contribution is 2.24. The number of nitrogens with zero attached hydrogens (tertiary/aromatic N) is 3. The number of nitrogens with one attached hydrogen (secondary N) is 1. The molecule has 0 spiro atoms. The van der Waals surface area contributed by atoms with Crippen LogP contribution >= 0.6 is 11.3 Å². The topological polar surface area (TPSA) is 85.8 Å². The first-order valence-corrected chi connectivity index (χ1v) is 6.78. The van der Waals surface area contributed by atoms with E-state index in [4.69, 9.17) is 5.73 Å². The fourth-order valence-corrected chi connectivity index (χ4v) is 2.84. The lowest BCUT2D eigenvalue weighted by atomic mass is 10.2. The van der Waals surface area contributed by atoms with Crippen molar-refractivity contribution < 1.29 is 4.79 Å². The molecule has 0 aliphatic carbocycles. The molecule has 0 radical (unpaired) electrons. The summed E-state index contributed by atoms with van der Waals surface area (Å²) in [6.45, 7) is 6.03. The highest BCUT2D eigenvalue weighted by atomic mass is 32.1. The zero-order valence-electron chi connectivity index (χ0n) is 11.2. The zero-order chi connectivity index (χ0) is 14.0. The highest BCUT2D eigenvalue weighted by Gasteiger charge is 2.15. The van der Waals surface area contributed by atoms with Crippen molar-refractivity contribution in [2.24, 2.45) is 0 Å². The maximum Gasteiger partial charge on any atom is 0.242 e. The molecule has 7 heteroatoms. The smallest absolute Gasteiger partial charge is 0.242 e. The summed E-state index contributed by atoms with van der Waals surface area (Å²) >= 11 is 1.61. The van der Waals surface area contributed by atoms with Crippen LogP contribution in [0.2, 0.25) is 0 Å². The number of anilines is 1. The van der Waals surface area contributed by atoms with Crippen molar-refractivity contribution in [1.82, 2.24) is 20.1 Å². The average molecular weight is 279 g/mol. The third kappa shape index (κ3) is 3.31. The summed E-state index contributed by atoms with van der Waals surface area (Å²) < 4.78 is 1.52. The number of aryl methyl sites for hydroxylation is 2. The number of carbonyl (C=O) groups excluding carboxylic acids is 1. The van der Waals surface area contributed by atoms with Gasteiger partial charge in [0, 0.05) is 11.1 Å². The molecule has 2 heterocycles. The monoisotopic (exact) mass is 279 g/mol. The minimum Gasteiger partial charge on any atom is -0.396 e. The largest absolute Gasteiger partial charge is 0.396 e. The van der Waals surface area contributed by atoms with Crippen LogP contribution in [-0.2, 0) is 11.3 Å². The van der Waals surface area contributed by atoms with Crippen LogP contribution in [0.15, 0.2) is 12.4 Å². The number of carbonyl (C=O) groups is 1. The van der Waals surface area contributed by atoms with Crippen LogP contribution in [0.3, 0.4) is 0 Å². The fourth-order valence-electron chi connectivity index (χ4n) is 1.91. The molecule has 0 bridgehead atoms. The van der Waals surface area contributed by atoms with E-state index in [1.54, 1.807) is 17.5 Å².